The van der Waals surface area contributed by atoms with E-state index in [0.717, 1.165) is 6.92 Å². The lowest BCUT2D eigenvalue weighted by Crippen LogP contribution is -2.69. The van der Waals surface area contributed by atoms with Crippen molar-refractivity contribution in [2.24, 2.45) is 5.73 Å². The van der Waals surface area contributed by atoms with Crippen molar-refractivity contribution in [2.75, 3.05) is 19.8 Å². The van der Waals surface area contributed by atoms with E-state index in [1.807, 2.05) is 0 Å². The van der Waals surface area contributed by atoms with Gasteiger partial charge in [-0.1, -0.05) is 0 Å². The van der Waals surface area contributed by atoms with Gasteiger partial charge in [-0.15, -0.1) is 0 Å². The molecule has 3 saturated heterocycles. The molecule has 15 atom stereocenters. The first-order chi connectivity index (χ1) is 17.4. The molecule has 0 unspecified atom stereocenters. The maximum Gasteiger partial charge on any atom is 0.217 e. The molecule has 3 aliphatic heterocycles. The number of amides is 1. The Bertz CT molecular complexity index is 751. The number of rotatable bonds is 8. The van der Waals surface area contributed by atoms with Crippen LogP contribution in [-0.2, 0) is 28.5 Å². The molecule has 3 rings (SSSR count). The van der Waals surface area contributed by atoms with Crippen LogP contribution >= 0.6 is 0 Å². The summed E-state index contributed by atoms with van der Waals surface area (Å²) in [5.74, 6) is -0.591. The summed E-state index contributed by atoms with van der Waals surface area (Å²) in [6.45, 7) is -0.813. The number of aliphatic hydroxyl groups excluding tert-OH is 9. The van der Waals surface area contributed by atoms with Crippen molar-refractivity contribution in [1.29, 1.82) is 0 Å². The van der Waals surface area contributed by atoms with E-state index in [2.05, 4.69) is 5.32 Å². The minimum atomic E-state index is -1.85. The van der Waals surface area contributed by atoms with E-state index in [9.17, 15) is 50.8 Å². The van der Waals surface area contributed by atoms with Gasteiger partial charge in [0.2, 0.25) is 5.91 Å². The Hall–Kier alpha value is -1.13. The van der Waals surface area contributed by atoms with E-state index in [4.69, 9.17) is 29.4 Å². The Morgan fingerprint density at radius 1 is 0.784 bits per heavy atom. The highest BCUT2D eigenvalue weighted by atomic mass is 16.8. The normalized spacial score (nSPS) is 49.0. The number of hydrogen-bond acceptors (Lipinski definition) is 16. The zero-order chi connectivity index (χ0) is 27.6. The molecule has 0 saturated carbocycles. The average molecular weight is 545 g/mol. The van der Waals surface area contributed by atoms with E-state index >= 15 is 0 Å². The van der Waals surface area contributed by atoms with Crippen molar-refractivity contribution >= 4 is 5.91 Å². The van der Waals surface area contributed by atoms with Crippen molar-refractivity contribution in [1.82, 2.24) is 5.32 Å². The van der Waals surface area contributed by atoms with E-state index in [1.165, 1.54) is 0 Å². The minimum absolute atomic E-state index is 0.591. The molecule has 216 valence electrons. The van der Waals surface area contributed by atoms with Crippen molar-refractivity contribution < 1.29 is 74.4 Å². The SMILES string of the molecule is CC(=O)N[C@H]1[C@H](O[C@@H]2[C@@H](OC[C@H]3O[C@@H](O)[C@H](O)[C@@H](O)[C@@H]3O)O[C@H](CO)[C@@H](O)[C@@H]2O)O[C@H](CO)[C@@H](N)[C@@H]1O. The Balaban J connectivity index is 1.80. The largest absolute Gasteiger partial charge is 0.394 e. The van der Waals surface area contributed by atoms with Crippen LogP contribution in [-0.4, -0.2) is 164 Å². The molecule has 1 amide bonds. The van der Waals surface area contributed by atoms with Gasteiger partial charge < -0.3 is 80.7 Å². The molecule has 0 aliphatic carbocycles. The standard InChI is InChI=1S/C20H36N2O15/c1-5(25)22-10-13(28)9(21)6(2-23)35-19(10)37-17-15(30)11(26)7(3-24)36-20(17)33-4-8-12(27)14(29)16(31)18(32)34-8/h6-20,23-24,26-32H,2-4,21H2,1H3,(H,22,25)/t6-,7-,8-,9-,10-,11-,12-,13+,14+,15+,16-,17+,18-,19+,20+/m1/s1. The summed E-state index contributed by atoms with van der Waals surface area (Å²) in [6.07, 6.45) is -20.7. The number of nitrogens with two attached hydrogens (primary N) is 1. The van der Waals surface area contributed by atoms with Gasteiger partial charge in [0.1, 0.15) is 61.0 Å². The van der Waals surface area contributed by atoms with Crippen LogP contribution in [0.3, 0.4) is 0 Å². The molecule has 3 fully saturated rings. The maximum absolute atomic E-state index is 11.7. The molecule has 17 nitrogen and oxygen atoms in total. The van der Waals surface area contributed by atoms with Gasteiger partial charge in [-0.05, 0) is 0 Å². The Labute approximate surface area is 210 Å². The second-order valence-electron chi connectivity index (χ2n) is 9.20. The molecule has 0 aromatic heterocycles. The number of hydrogen-bond donors (Lipinski definition) is 11. The number of ether oxygens (including phenoxy) is 5. The van der Waals surface area contributed by atoms with Crippen molar-refractivity contribution in [3.8, 4) is 0 Å². The van der Waals surface area contributed by atoms with Crippen molar-refractivity contribution in [3.63, 3.8) is 0 Å². The van der Waals surface area contributed by atoms with Crippen LogP contribution in [0, 0.1) is 0 Å². The van der Waals surface area contributed by atoms with Crippen LogP contribution < -0.4 is 11.1 Å². The summed E-state index contributed by atoms with van der Waals surface area (Å²) in [4.78, 5) is 11.7. The van der Waals surface area contributed by atoms with Gasteiger partial charge >= 0.3 is 0 Å². The van der Waals surface area contributed by atoms with Crippen LogP contribution in [0.25, 0.3) is 0 Å². The van der Waals surface area contributed by atoms with Crippen LogP contribution in [0.15, 0.2) is 0 Å². The Morgan fingerprint density at radius 3 is 1.97 bits per heavy atom. The summed E-state index contributed by atoms with van der Waals surface area (Å²) >= 11 is 0. The highest BCUT2D eigenvalue weighted by Gasteiger charge is 2.52. The highest BCUT2D eigenvalue weighted by Crippen LogP contribution is 2.30. The summed E-state index contributed by atoms with van der Waals surface area (Å²) < 4.78 is 27.4. The topological polar surface area (TPSA) is 283 Å². The average Bonchev–Trinajstić information content (AvgIpc) is 2.86. The van der Waals surface area contributed by atoms with Crippen LogP contribution in [0.1, 0.15) is 6.92 Å². The van der Waals surface area contributed by atoms with Crippen LogP contribution in [0.4, 0.5) is 0 Å². The van der Waals surface area contributed by atoms with Crippen LogP contribution in [0.5, 0.6) is 0 Å². The lowest BCUT2D eigenvalue weighted by molar-refractivity contribution is -0.358. The lowest BCUT2D eigenvalue weighted by atomic mass is 9.94. The van der Waals surface area contributed by atoms with E-state index in [0.29, 0.717) is 0 Å². The number of carbonyl (C=O) groups excluding carboxylic acids is 1. The third-order valence-electron chi connectivity index (χ3n) is 6.57. The molecule has 0 bridgehead atoms. The van der Waals surface area contributed by atoms with Gasteiger partial charge in [0.25, 0.3) is 0 Å². The van der Waals surface area contributed by atoms with Gasteiger partial charge in [-0.3, -0.25) is 4.79 Å². The maximum atomic E-state index is 11.7. The van der Waals surface area contributed by atoms with Gasteiger partial charge in [0.15, 0.2) is 18.9 Å². The summed E-state index contributed by atoms with van der Waals surface area (Å²) in [7, 11) is 0. The molecule has 17 heteroatoms. The fourth-order valence-electron chi connectivity index (χ4n) is 4.39. The molecule has 12 N–H and O–H groups in total. The van der Waals surface area contributed by atoms with E-state index in [1.54, 1.807) is 0 Å². The first-order valence-electron chi connectivity index (χ1n) is 11.7. The lowest BCUT2D eigenvalue weighted by Gasteiger charge is -2.47. The second kappa shape index (κ2) is 12.8. The molecule has 37 heavy (non-hydrogen) atoms. The molecule has 0 aromatic rings. The molecule has 3 aliphatic rings. The first-order valence-corrected chi connectivity index (χ1v) is 11.7. The number of carbonyl (C=O) groups is 1. The minimum Gasteiger partial charge on any atom is -0.394 e. The molecular weight excluding hydrogens is 508 g/mol. The van der Waals surface area contributed by atoms with Crippen molar-refractivity contribution in [3.05, 3.63) is 0 Å². The predicted molar refractivity (Wildman–Crippen MR) is 115 cm³/mol. The van der Waals surface area contributed by atoms with Gasteiger partial charge in [-0.2, -0.15) is 0 Å². The number of nitrogens with one attached hydrogen (secondary N) is 1. The smallest absolute Gasteiger partial charge is 0.217 e. The Morgan fingerprint density at radius 2 is 1.38 bits per heavy atom. The monoisotopic (exact) mass is 544 g/mol. The zero-order valence-electron chi connectivity index (χ0n) is 19.8. The summed E-state index contributed by atoms with van der Waals surface area (Å²) in [6, 6.07) is -2.41. The molecule has 0 aromatic carbocycles. The highest BCUT2D eigenvalue weighted by molar-refractivity contribution is 5.73. The van der Waals surface area contributed by atoms with Gasteiger partial charge in [0.05, 0.1) is 32.0 Å². The third kappa shape index (κ3) is 6.55. The summed E-state index contributed by atoms with van der Waals surface area (Å²) in [5, 5.41) is 92.6. The van der Waals surface area contributed by atoms with Crippen molar-refractivity contribution in [2.45, 2.75) is 98.9 Å². The van der Waals surface area contributed by atoms with E-state index in [-0.39, 0.29) is 0 Å². The fraction of sp³-hybridized carbons (Fsp3) is 0.950. The summed E-state index contributed by atoms with van der Waals surface area (Å²) in [5.41, 5.74) is 5.88. The van der Waals surface area contributed by atoms with E-state index < -0.39 is 118 Å². The quantitative estimate of drug-likeness (QED) is 0.135. The third-order valence-corrected chi connectivity index (χ3v) is 6.57. The Kier molecular flexibility index (Phi) is 10.5. The molecule has 0 spiro atoms. The first kappa shape index (κ1) is 30.4. The second-order valence-corrected chi connectivity index (χ2v) is 9.20. The fourth-order valence-corrected chi connectivity index (χ4v) is 4.39. The molecule has 3 heterocycles. The van der Waals surface area contributed by atoms with Gasteiger partial charge in [0, 0.05) is 6.92 Å². The zero-order valence-corrected chi connectivity index (χ0v) is 19.8. The van der Waals surface area contributed by atoms with Gasteiger partial charge in [-0.25, -0.2) is 0 Å². The molecular formula is C20H36N2O15. The predicted octanol–water partition coefficient (Wildman–Crippen LogP) is -7.46. The molecule has 0 radical (unpaired) electrons. The number of aliphatic hydroxyl groups is 9. The van der Waals surface area contributed by atoms with Crippen LogP contribution in [0.2, 0.25) is 0 Å².